The van der Waals surface area contributed by atoms with Crippen molar-refractivity contribution in [3.63, 3.8) is 0 Å². The lowest BCUT2D eigenvalue weighted by molar-refractivity contribution is 0.505. The summed E-state index contributed by atoms with van der Waals surface area (Å²) in [5, 5.41) is 8.38. The Morgan fingerprint density at radius 2 is 1.88 bits per heavy atom. The van der Waals surface area contributed by atoms with Crippen molar-refractivity contribution in [3.05, 3.63) is 29.8 Å². The molecule has 90 valence electrons. The maximum atomic E-state index is 11.2. The molecule has 1 rings (SSSR count). The van der Waals surface area contributed by atoms with Gasteiger partial charge in [0.1, 0.15) is 0 Å². The van der Waals surface area contributed by atoms with Crippen LogP contribution >= 0.6 is 0 Å². The van der Waals surface area contributed by atoms with Crippen LogP contribution in [-0.2, 0) is 10.0 Å². The van der Waals surface area contributed by atoms with Crippen LogP contribution in [0.2, 0.25) is 0 Å². The van der Waals surface area contributed by atoms with Crippen LogP contribution in [0.15, 0.2) is 29.2 Å². The van der Waals surface area contributed by atoms with Crippen LogP contribution in [0.5, 0.6) is 0 Å². The summed E-state index contributed by atoms with van der Waals surface area (Å²) in [6.07, 6.45) is 0. The van der Waals surface area contributed by atoms with E-state index < -0.39 is 10.0 Å². The van der Waals surface area contributed by atoms with Crippen LogP contribution in [0.3, 0.4) is 0 Å². The fraction of sp³-hybridized carbons (Fsp3) is 0.455. The minimum absolute atomic E-state index is 0.0988. The summed E-state index contributed by atoms with van der Waals surface area (Å²) in [5.41, 5.74) is 0.917. The van der Waals surface area contributed by atoms with Crippen molar-refractivity contribution in [1.82, 2.24) is 5.32 Å². The summed E-state index contributed by atoms with van der Waals surface area (Å²) in [7, 11) is -3.62. The first-order valence-electron chi connectivity index (χ1n) is 5.19. The molecule has 0 aromatic heterocycles. The van der Waals surface area contributed by atoms with Gasteiger partial charge in [0.2, 0.25) is 10.0 Å². The van der Waals surface area contributed by atoms with Gasteiger partial charge < -0.3 is 5.32 Å². The fourth-order valence-electron chi connectivity index (χ4n) is 1.56. The molecule has 0 amide bonds. The van der Waals surface area contributed by atoms with Crippen molar-refractivity contribution >= 4 is 10.0 Å². The zero-order valence-corrected chi connectivity index (χ0v) is 10.6. The van der Waals surface area contributed by atoms with Crippen molar-refractivity contribution in [2.75, 3.05) is 0 Å². The average molecular weight is 242 g/mol. The Bertz CT molecular complexity index is 455. The molecule has 0 aliphatic rings. The van der Waals surface area contributed by atoms with Crippen LogP contribution < -0.4 is 10.5 Å². The molecule has 0 spiro atoms. The van der Waals surface area contributed by atoms with Gasteiger partial charge in [-0.15, -0.1) is 0 Å². The minimum Gasteiger partial charge on any atom is -0.308 e. The van der Waals surface area contributed by atoms with E-state index in [-0.39, 0.29) is 10.9 Å². The summed E-state index contributed by atoms with van der Waals surface area (Å²) in [6, 6.07) is 7.13. The van der Waals surface area contributed by atoms with Crippen LogP contribution in [0.25, 0.3) is 0 Å². The Morgan fingerprint density at radius 3 is 2.38 bits per heavy atom. The smallest absolute Gasteiger partial charge is 0.238 e. The number of benzene rings is 1. The molecular formula is C11H18N2O2S. The average Bonchev–Trinajstić information content (AvgIpc) is 2.15. The molecule has 0 aliphatic heterocycles. The zero-order valence-electron chi connectivity index (χ0n) is 9.77. The maximum Gasteiger partial charge on any atom is 0.238 e. The molecule has 0 saturated heterocycles. The molecule has 1 aromatic rings. The summed E-state index contributed by atoms with van der Waals surface area (Å²) in [4.78, 5) is 0.155. The molecule has 0 radical (unpaired) electrons. The van der Waals surface area contributed by atoms with E-state index in [9.17, 15) is 8.42 Å². The first-order chi connectivity index (χ1) is 7.30. The Kier molecular flexibility index (Phi) is 4.07. The van der Waals surface area contributed by atoms with Crippen LogP contribution in [-0.4, -0.2) is 14.5 Å². The van der Waals surface area contributed by atoms with Gasteiger partial charge in [-0.2, -0.15) is 0 Å². The molecular weight excluding hydrogens is 224 g/mol. The van der Waals surface area contributed by atoms with Crippen LogP contribution in [0, 0.1) is 0 Å². The Morgan fingerprint density at radius 1 is 1.25 bits per heavy atom. The zero-order chi connectivity index (χ0) is 12.3. The van der Waals surface area contributed by atoms with E-state index in [4.69, 9.17) is 5.14 Å². The van der Waals surface area contributed by atoms with E-state index in [0.717, 1.165) is 5.56 Å². The van der Waals surface area contributed by atoms with Crippen LogP contribution in [0.1, 0.15) is 32.4 Å². The van der Waals surface area contributed by atoms with Gasteiger partial charge >= 0.3 is 0 Å². The van der Waals surface area contributed by atoms with Gasteiger partial charge in [-0.3, -0.25) is 0 Å². The number of nitrogens with two attached hydrogens (primary N) is 1. The van der Waals surface area contributed by atoms with E-state index in [2.05, 4.69) is 5.32 Å². The summed E-state index contributed by atoms with van der Waals surface area (Å²) < 4.78 is 22.4. The molecule has 0 aliphatic carbocycles. The van der Waals surface area contributed by atoms with Gasteiger partial charge in [0, 0.05) is 12.1 Å². The van der Waals surface area contributed by atoms with Gasteiger partial charge in [-0.05, 0) is 24.6 Å². The lowest BCUT2D eigenvalue weighted by Gasteiger charge is -2.17. The molecule has 0 saturated carbocycles. The molecule has 0 fully saturated rings. The van der Waals surface area contributed by atoms with E-state index in [1.165, 1.54) is 6.07 Å². The third kappa shape index (κ3) is 3.59. The summed E-state index contributed by atoms with van der Waals surface area (Å²) in [5.74, 6) is 0. The minimum atomic E-state index is -3.62. The number of sulfonamides is 1. The predicted octanol–water partition coefficient (Wildman–Crippen LogP) is 1.39. The number of hydrogen-bond acceptors (Lipinski definition) is 3. The second-order valence-electron chi connectivity index (χ2n) is 4.16. The molecule has 1 unspecified atom stereocenters. The first-order valence-corrected chi connectivity index (χ1v) is 6.74. The van der Waals surface area contributed by atoms with E-state index in [0.29, 0.717) is 6.04 Å². The third-order valence-electron chi connectivity index (χ3n) is 2.27. The molecule has 0 bridgehead atoms. The predicted molar refractivity (Wildman–Crippen MR) is 64.5 cm³/mol. The van der Waals surface area contributed by atoms with Gasteiger partial charge in [-0.1, -0.05) is 26.0 Å². The normalized spacial score (nSPS) is 14.1. The maximum absolute atomic E-state index is 11.2. The first kappa shape index (κ1) is 13.2. The molecule has 5 heteroatoms. The van der Waals surface area contributed by atoms with Crippen molar-refractivity contribution in [2.24, 2.45) is 5.14 Å². The highest BCUT2D eigenvalue weighted by molar-refractivity contribution is 7.89. The van der Waals surface area contributed by atoms with Gasteiger partial charge in [0.25, 0.3) is 0 Å². The molecule has 4 nitrogen and oxygen atoms in total. The topological polar surface area (TPSA) is 72.2 Å². The molecule has 1 aromatic carbocycles. The highest BCUT2D eigenvalue weighted by Crippen LogP contribution is 2.16. The van der Waals surface area contributed by atoms with Gasteiger partial charge in [0.15, 0.2) is 0 Å². The Labute approximate surface area is 96.9 Å². The second-order valence-corrected chi connectivity index (χ2v) is 5.72. The van der Waals surface area contributed by atoms with Crippen molar-refractivity contribution in [1.29, 1.82) is 0 Å². The quantitative estimate of drug-likeness (QED) is 0.838. The second kappa shape index (κ2) is 4.95. The monoisotopic (exact) mass is 242 g/mol. The highest BCUT2D eigenvalue weighted by Gasteiger charge is 2.11. The summed E-state index contributed by atoms with van der Waals surface area (Å²) in [6.45, 7) is 6.07. The van der Waals surface area contributed by atoms with E-state index in [1.54, 1.807) is 12.1 Å². The van der Waals surface area contributed by atoms with Gasteiger partial charge in [-0.25, -0.2) is 13.6 Å². The number of rotatable bonds is 4. The Balaban J connectivity index is 2.99. The number of nitrogens with one attached hydrogen (secondary N) is 1. The lowest BCUT2D eigenvalue weighted by Crippen LogP contribution is -2.26. The summed E-state index contributed by atoms with van der Waals surface area (Å²) >= 11 is 0. The van der Waals surface area contributed by atoms with Gasteiger partial charge in [0.05, 0.1) is 4.90 Å². The fourth-order valence-corrected chi connectivity index (χ4v) is 2.13. The van der Waals surface area contributed by atoms with E-state index in [1.807, 2.05) is 26.8 Å². The SMILES string of the molecule is CC(C)NC(C)c1cccc(S(N)(=O)=O)c1. The molecule has 16 heavy (non-hydrogen) atoms. The molecule has 3 N–H and O–H groups in total. The molecule has 1 atom stereocenters. The third-order valence-corrected chi connectivity index (χ3v) is 3.18. The largest absolute Gasteiger partial charge is 0.308 e. The highest BCUT2D eigenvalue weighted by atomic mass is 32.2. The molecule has 0 heterocycles. The number of primary sulfonamides is 1. The van der Waals surface area contributed by atoms with Crippen molar-refractivity contribution < 1.29 is 8.42 Å². The Hall–Kier alpha value is -0.910. The standard InChI is InChI=1S/C11H18N2O2S/c1-8(2)13-9(3)10-5-4-6-11(7-10)16(12,14)15/h4-9,13H,1-3H3,(H2,12,14,15). The number of hydrogen-bond donors (Lipinski definition) is 2. The van der Waals surface area contributed by atoms with Crippen molar-refractivity contribution in [3.8, 4) is 0 Å². The van der Waals surface area contributed by atoms with E-state index >= 15 is 0 Å². The lowest BCUT2D eigenvalue weighted by atomic mass is 10.1. The van der Waals surface area contributed by atoms with Crippen LogP contribution in [0.4, 0.5) is 0 Å². The van der Waals surface area contributed by atoms with Crippen molar-refractivity contribution in [2.45, 2.75) is 37.8 Å².